The second kappa shape index (κ2) is 6.32. The Hall–Kier alpha value is -2.27. The minimum atomic E-state index is -4.39. The Bertz CT molecular complexity index is 753. The number of nitrogens with one attached hydrogen (secondary N) is 1. The molecule has 0 amide bonds. The van der Waals surface area contributed by atoms with Crippen molar-refractivity contribution >= 4 is 0 Å². The van der Waals surface area contributed by atoms with E-state index in [4.69, 9.17) is 5.26 Å². The fourth-order valence-corrected chi connectivity index (χ4v) is 3.20. The largest absolute Gasteiger partial charge is 0.432 e. The van der Waals surface area contributed by atoms with Gasteiger partial charge in [0.2, 0.25) is 0 Å². The number of piperidine rings is 1. The van der Waals surface area contributed by atoms with Gasteiger partial charge in [-0.2, -0.15) is 18.4 Å². The molecular weight excluding hydrogens is 319 g/mol. The summed E-state index contributed by atoms with van der Waals surface area (Å²) in [7, 11) is 1.82. The molecule has 0 bridgehead atoms. The van der Waals surface area contributed by atoms with Gasteiger partial charge in [0.05, 0.1) is 6.20 Å². The lowest BCUT2D eigenvalue weighted by Crippen LogP contribution is -2.34. The highest BCUT2D eigenvalue weighted by atomic mass is 19.4. The molecule has 1 atom stereocenters. The van der Waals surface area contributed by atoms with Crippen molar-refractivity contribution in [2.45, 2.75) is 31.5 Å². The molecule has 2 aromatic heterocycles. The molecule has 1 unspecified atom stereocenters. The van der Waals surface area contributed by atoms with E-state index in [9.17, 15) is 13.2 Å². The number of nitriles is 1. The van der Waals surface area contributed by atoms with Crippen molar-refractivity contribution in [1.29, 1.82) is 5.26 Å². The first kappa shape index (κ1) is 16.6. The summed E-state index contributed by atoms with van der Waals surface area (Å²) in [6, 6.07) is 3.97. The van der Waals surface area contributed by atoms with Crippen LogP contribution in [0.2, 0.25) is 0 Å². The number of aryl methyl sites for hydroxylation is 1. The Labute approximate surface area is 137 Å². The fraction of sp³-hybridized carbons (Fsp3) is 0.500. The topological polar surface area (TPSA) is 60.6 Å². The van der Waals surface area contributed by atoms with Crippen molar-refractivity contribution in [3.8, 4) is 6.07 Å². The standard InChI is InChI=1S/C16H18F3N5/c1-23-8-11(5-13(23)6-20)9-24-4-2-3-12(10-24)15-21-7-14(22-15)16(17,18)19/h5,7-8,12H,2-4,9-10H2,1H3,(H,21,22). The van der Waals surface area contributed by atoms with Gasteiger partial charge < -0.3 is 9.55 Å². The van der Waals surface area contributed by atoms with E-state index in [1.807, 2.05) is 19.3 Å². The molecule has 128 valence electrons. The average Bonchev–Trinajstić information content (AvgIpc) is 3.14. The molecule has 1 aliphatic rings. The van der Waals surface area contributed by atoms with Crippen molar-refractivity contribution < 1.29 is 13.2 Å². The minimum absolute atomic E-state index is 0.0333. The smallest absolute Gasteiger partial charge is 0.342 e. The zero-order valence-corrected chi connectivity index (χ0v) is 13.3. The number of hydrogen-bond acceptors (Lipinski definition) is 3. The van der Waals surface area contributed by atoms with Gasteiger partial charge in [-0.05, 0) is 31.0 Å². The first-order chi connectivity index (χ1) is 11.4. The van der Waals surface area contributed by atoms with Crippen LogP contribution in [0.4, 0.5) is 13.2 Å². The Balaban J connectivity index is 1.68. The van der Waals surface area contributed by atoms with Crippen molar-refractivity contribution in [3.63, 3.8) is 0 Å². The third kappa shape index (κ3) is 3.46. The lowest BCUT2D eigenvalue weighted by Gasteiger charge is -2.31. The molecule has 3 heterocycles. The molecule has 1 fully saturated rings. The van der Waals surface area contributed by atoms with E-state index in [2.05, 4.69) is 20.9 Å². The van der Waals surface area contributed by atoms with E-state index in [-0.39, 0.29) is 5.92 Å². The van der Waals surface area contributed by atoms with E-state index in [1.165, 1.54) is 0 Å². The van der Waals surface area contributed by atoms with Crippen LogP contribution in [0.25, 0.3) is 0 Å². The quantitative estimate of drug-likeness (QED) is 0.936. The molecule has 1 aliphatic heterocycles. The van der Waals surface area contributed by atoms with Gasteiger partial charge in [-0.25, -0.2) is 4.98 Å². The predicted molar refractivity (Wildman–Crippen MR) is 81.0 cm³/mol. The van der Waals surface area contributed by atoms with Crippen molar-refractivity contribution in [1.82, 2.24) is 19.4 Å². The normalized spacial score (nSPS) is 19.4. The van der Waals surface area contributed by atoms with Crippen molar-refractivity contribution in [2.75, 3.05) is 13.1 Å². The third-order valence-corrected chi connectivity index (χ3v) is 4.38. The van der Waals surface area contributed by atoms with Crippen LogP contribution in [0, 0.1) is 11.3 Å². The van der Waals surface area contributed by atoms with Crippen LogP contribution in [0.1, 0.15) is 41.5 Å². The molecule has 1 saturated heterocycles. The van der Waals surface area contributed by atoms with Gasteiger partial charge in [0.25, 0.3) is 0 Å². The van der Waals surface area contributed by atoms with E-state index >= 15 is 0 Å². The van der Waals surface area contributed by atoms with Gasteiger partial charge in [-0.3, -0.25) is 4.90 Å². The first-order valence-corrected chi connectivity index (χ1v) is 7.76. The molecule has 2 aromatic rings. The number of hydrogen-bond donors (Lipinski definition) is 1. The second-order valence-corrected chi connectivity index (χ2v) is 6.21. The van der Waals surface area contributed by atoms with E-state index in [1.54, 1.807) is 4.57 Å². The summed E-state index contributed by atoms with van der Waals surface area (Å²) in [6.45, 7) is 2.22. The van der Waals surface area contributed by atoms with Gasteiger partial charge in [-0.1, -0.05) is 0 Å². The maximum Gasteiger partial charge on any atom is 0.432 e. The van der Waals surface area contributed by atoms with Crippen LogP contribution in [-0.4, -0.2) is 32.5 Å². The molecule has 8 heteroatoms. The average molecular weight is 337 g/mol. The Morgan fingerprint density at radius 1 is 1.46 bits per heavy atom. The number of nitrogens with zero attached hydrogens (tertiary/aromatic N) is 4. The van der Waals surface area contributed by atoms with Gasteiger partial charge in [0.15, 0.2) is 0 Å². The maximum atomic E-state index is 12.7. The summed E-state index contributed by atoms with van der Waals surface area (Å²) < 4.78 is 39.9. The molecule has 0 spiro atoms. The molecule has 0 saturated carbocycles. The number of likely N-dealkylation sites (tertiary alicyclic amines) is 1. The van der Waals surface area contributed by atoms with Gasteiger partial charge in [0.1, 0.15) is 23.3 Å². The number of aromatic amines is 1. The molecule has 0 aliphatic carbocycles. The number of rotatable bonds is 3. The third-order valence-electron chi connectivity index (χ3n) is 4.38. The van der Waals surface area contributed by atoms with Crippen molar-refractivity contribution in [2.24, 2.45) is 7.05 Å². The van der Waals surface area contributed by atoms with Gasteiger partial charge in [0, 0.05) is 32.3 Å². The SMILES string of the molecule is Cn1cc(CN2CCCC(c3ncc(C(F)(F)F)[nH]3)C2)cc1C#N. The summed E-state index contributed by atoms with van der Waals surface area (Å²) in [5.41, 5.74) is 0.834. The molecule has 5 nitrogen and oxygen atoms in total. The molecule has 1 N–H and O–H groups in total. The monoisotopic (exact) mass is 337 g/mol. The highest BCUT2D eigenvalue weighted by Crippen LogP contribution is 2.31. The number of H-pyrrole nitrogens is 1. The summed E-state index contributed by atoms with van der Waals surface area (Å²) in [5.74, 6) is 0.367. The Morgan fingerprint density at radius 2 is 2.25 bits per heavy atom. The van der Waals surface area contributed by atoms with E-state index in [0.717, 1.165) is 31.1 Å². The summed E-state index contributed by atoms with van der Waals surface area (Å²) in [4.78, 5) is 8.54. The highest BCUT2D eigenvalue weighted by Gasteiger charge is 2.34. The molecule has 3 rings (SSSR count). The number of aromatic nitrogens is 3. The molecule has 24 heavy (non-hydrogen) atoms. The lowest BCUT2D eigenvalue weighted by molar-refractivity contribution is -0.141. The van der Waals surface area contributed by atoms with Crippen LogP contribution in [0.15, 0.2) is 18.5 Å². The summed E-state index contributed by atoms with van der Waals surface area (Å²) in [5, 5.41) is 9.01. The molecule has 0 aromatic carbocycles. The number of halogens is 3. The van der Waals surface area contributed by atoms with Crippen LogP contribution < -0.4 is 0 Å². The molecular formula is C16H18F3N5. The predicted octanol–water partition coefficient (Wildman–Crippen LogP) is 3.02. The van der Waals surface area contributed by atoms with Crippen LogP contribution in [0.3, 0.4) is 0 Å². The first-order valence-electron chi connectivity index (χ1n) is 7.76. The molecule has 0 radical (unpaired) electrons. The Kier molecular flexibility index (Phi) is 4.37. The number of alkyl halides is 3. The zero-order chi connectivity index (χ0) is 17.3. The van der Waals surface area contributed by atoms with Crippen molar-refractivity contribution in [3.05, 3.63) is 41.2 Å². The summed E-state index contributed by atoms with van der Waals surface area (Å²) in [6.07, 6.45) is 0.114. The summed E-state index contributed by atoms with van der Waals surface area (Å²) >= 11 is 0. The van der Waals surface area contributed by atoms with Gasteiger partial charge >= 0.3 is 6.18 Å². The van der Waals surface area contributed by atoms with E-state index < -0.39 is 11.9 Å². The van der Waals surface area contributed by atoms with E-state index in [0.29, 0.717) is 24.6 Å². The highest BCUT2D eigenvalue weighted by molar-refractivity contribution is 5.28. The fourth-order valence-electron chi connectivity index (χ4n) is 3.20. The minimum Gasteiger partial charge on any atom is -0.342 e. The zero-order valence-electron chi connectivity index (χ0n) is 13.3. The van der Waals surface area contributed by atoms with Gasteiger partial charge in [-0.15, -0.1) is 0 Å². The van der Waals surface area contributed by atoms with Crippen LogP contribution >= 0.6 is 0 Å². The number of imidazole rings is 1. The second-order valence-electron chi connectivity index (χ2n) is 6.21. The van der Waals surface area contributed by atoms with Crippen LogP contribution in [-0.2, 0) is 19.8 Å². The maximum absolute atomic E-state index is 12.7. The Morgan fingerprint density at radius 3 is 2.88 bits per heavy atom. The van der Waals surface area contributed by atoms with Crippen LogP contribution in [0.5, 0.6) is 0 Å². The lowest BCUT2D eigenvalue weighted by atomic mass is 9.97.